The van der Waals surface area contributed by atoms with Crippen LogP contribution < -0.4 is 39.9 Å². The number of anilines is 1. The Labute approximate surface area is 339 Å². The van der Waals surface area contributed by atoms with Gasteiger partial charge in [-0.3, -0.25) is 4.79 Å². The first-order valence-electron chi connectivity index (χ1n) is 17.1. The van der Waals surface area contributed by atoms with E-state index >= 15 is 0 Å². The molecular formula is C46H44NNaO6. The van der Waals surface area contributed by atoms with Gasteiger partial charge in [-0.05, 0) is 73.4 Å². The van der Waals surface area contributed by atoms with Crippen molar-refractivity contribution in [2.75, 3.05) is 18.0 Å². The number of aryl methyl sites for hydroxylation is 1. The molecule has 0 aromatic heterocycles. The van der Waals surface area contributed by atoms with Gasteiger partial charge >= 0.3 is 35.7 Å². The molecule has 2 aliphatic heterocycles. The van der Waals surface area contributed by atoms with E-state index in [0.29, 0.717) is 11.7 Å². The molecule has 4 aromatic carbocycles. The fraction of sp³-hybridized carbons (Fsp3) is 0.174. The average molecular weight is 730 g/mol. The predicted molar refractivity (Wildman–Crippen MR) is 212 cm³/mol. The van der Waals surface area contributed by atoms with Gasteiger partial charge < -0.3 is 19.5 Å². The van der Waals surface area contributed by atoms with Crippen molar-refractivity contribution >= 4 is 28.4 Å². The summed E-state index contributed by atoms with van der Waals surface area (Å²) < 4.78 is 10.9. The Morgan fingerprint density at radius 1 is 0.870 bits per heavy atom. The second-order valence-corrected chi connectivity index (χ2v) is 12.4. The molecular weight excluding hydrogens is 685 g/mol. The number of ether oxygens (including phenoxy) is 1. The normalized spacial score (nSPS) is 13.3. The molecule has 7 nitrogen and oxygen atoms in total. The molecule has 1 unspecified atom stereocenters. The maximum Gasteiger partial charge on any atom is 1.00 e. The zero-order valence-corrected chi connectivity index (χ0v) is 32.6. The fourth-order valence-corrected chi connectivity index (χ4v) is 6.74. The maximum absolute atomic E-state index is 11.7. The van der Waals surface area contributed by atoms with Crippen molar-refractivity contribution in [1.82, 2.24) is 0 Å². The first-order valence-corrected chi connectivity index (χ1v) is 17.1. The Hall–Kier alpha value is -5.27. The van der Waals surface area contributed by atoms with Crippen LogP contribution in [0.5, 0.6) is 5.75 Å². The number of carbonyl (C=O) groups excluding carboxylic acids is 2. The minimum Gasteiger partial charge on any atom is -0.870 e. The van der Waals surface area contributed by atoms with E-state index in [1.165, 1.54) is 33.5 Å². The van der Waals surface area contributed by atoms with E-state index in [1.54, 1.807) is 12.1 Å². The molecule has 0 fully saturated rings. The van der Waals surface area contributed by atoms with Gasteiger partial charge in [0.2, 0.25) is 0 Å². The van der Waals surface area contributed by atoms with Crippen LogP contribution in [0.1, 0.15) is 44.9 Å². The van der Waals surface area contributed by atoms with Crippen molar-refractivity contribution in [3.63, 3.8) is 0 Å². The number of aromatic hydroxyl groups is 1. The largest absolute Gasteiger partial charge is 1.00 e. The molecule has 0 radical (unpaired) electrons. The van der Waals surface area contributed by atoms with Gasteiger partial charge in [-0.25, -0.2) is 0 Å². The summed E-state index contributed by atoms with van der Waals surface area (Å²) in [5, 5.41) is 1.03. The van der Waals surface area contributed by atoms with Crippen molar-refractivity contribution in [2.24, 2.45) is 5.92 Å². The van der Waals surface area contributed by atoms with Crippen molar-refractivity contribution in [2.45, 2.75) is 35.1 Å². The van der Waals surface area contributed by atoms with Crippen LogP contribution >= 0.6 is 0 Å². The molecule has 270 valence electrons. The van der Waals surface area contributed by atoms with Gasteiger partial charge in [-0.1, -0.05) is 80.4 Å². The zero-order valence-electron chi connectivity index (χ0n) is 30.6. The molecule has 8 heteroatoms. The van der Waals surface area contributed by atoms with Gasteiger partial charge in [0.1, 0.15) is 5.76 Å². The van der Waals surface area contributed by atoms with Crippen LogP contribution in [-0.2, 0) is 9.59 Å². The van der Waals surface area contributed by atoms with Crippen molar-refractivity contribution in [1.29, 1.82) is 0 Å². The van der Waals surface area contributed by atoms with E-state index in [9.17, 15) is 4.79 Å². The van der Waals surface area contributed by atoms with Crippen molar-refractivity contribution in [3.8, 4) is 28.2 Å². The van der Waals surface area contributed by atoms with Crippen LogP contribution in [0.15, 0.2) is 148 Å². The number of aliphatic hydroxyl groups is 1. The number of benzene rings is 5. The van der Waals surface area contributed by atoms with Gasteiger partial charge in [0.25, 0.3) is 11.5 Å². The summed E-state index contributed by atoms with van der Waals surface area (Å²) in [6.45, 7) is 10.7. The Kier molecular flexibility index (Phi) is 15.7. The molecule has 0 amide bonds. The summed E-state index contributed by atoms with van der Waals surface area (Å²) in [4.78, 5) is 30.3. The minimum absolute atomic E-state index is 0. The SMILES string of the molecule is C.CCN(CC)c1ccc2c(c1)[OH+]C1=CC(C)C=CC1=C2c1ccccc1.Cc1ccccc1-c1c2ccc(=O)cc-2oc2c[c-]ccc12.O=C=O.[Na+].[OH-]. The predicted octanol–water partition coefficient (Wildman–Crippen LogP) is 7.23. The van der Waals surface area contributed by atoms with Crippen LogP contribution in [0.4, 0.5) is 5.69 Å². The van der Waals surface area contributed by atoms with E-state index in [0.717, 1.165) is 52.3 Å². The van der Waals surface area contributed by atoms with Crippen LogP contribution in [0.2, 0.25) is 0 Å². The molecule has 1 atom stereocenters. The summed E-state index contributed by atoms with van der Waals surface area (Å²) in [5.41, 5.74) is 11.3. The van der Waals surface area contributed by atoms with E-state index in [1.807, 2.05) is 36.4 Å². The summed E-state index contributed by atoms with van der Waals surface area (Å²) in [6.07, 6.45) is 7.02. The van der Waals surface area contributed by atoms with Gasteiger partial charge in [0.05, 0.1) is 17.2 Å². The molecule has 4 aliphatic rings. The number of hydrogen-bond donors (Lipinski definition) is 0. The molecule has 4 aromatic rings. The molecule has 54 heavy (non-hydrogen) atoms. The minimum atomic E-state index is -0.0498. The Bertz CT molecular complexity index is 2350. The smallest absolute Gasteiger partial charge is 0.870 e. The quantitative estimate of drug-likeness (QED) is 0.0802. The topological polar surface area (TPSA) is 110 Å². The number of nitrogens with zero attached hydrogens (tertiary/aromatic N) is 1. The molecule has 8 rings (SSSR count). The zero-order chi connectivity index (χ0) is 35.9. The standard InChI is InChI=1S/C24H25NO.C20H13O2.CO2.CH4.Na.H2O/c1-4-25(5-2)19-12-14-21-23(16-19)26-22-15-17(3)11-13-20(22)24(21)18-9-7-6-8-10-18;1-13-6-2-3-7-15(13)20-16-8-4-5-9-18(16)22-19-12-14(21)10-11-17(19)20;2-1-3;;;/h6-17H,4-5H2,1-3H3;2-4,6-12H,1H3;;1H4;;1H2/q;-1;;;+1;. The Morgan fingerprint density at radius 2 is 1.56 bits per heavy atom. The number of rotatable bonds is 5. The first kappa shape index (κ1) is 43.1. The molecule has 0 spiro atoms. The third-order valence-electron chi connectivity index (χ3n) is 9.17. The van der Waals surface area contributed by atoms with Crippen LogP contribution in [-0.4, -0.2) is 29.5 Å². The van der Waals surface area contributed by atoms with Crippen molar-refractivity contribution < 1.29 is 53.8 Å². The number of hydrogen-bond acceptors (Lipinski definition) is 6. The summed E-state index contributed by atoms with van der Waals surface area (Å²) in [6, 6.07) is 39.4. The van der Waals surface area contributed by atoms with E-state index in [2.05, 4.69) is 118 Å². The van der Waals surface area contributed by atoms with E-state index in [4.69, 9.17) is 18.7 Å². The van der Waals surface area contributed by atoms with Crippen LogP contribution in [0.3, 0.4) is 0 Å². The third kappa shape index (κ3) is 9.08. The van der Waals surface area contributed by atoms with E-state index < -0.39 is 0 Å². The van der Waals surface area contributed by atoms with Gasteiger partial charge in [0.15, 0.2) is 5.43 Å². The monoisotopic (exact) mass is 729 g/mol. The Morgan fingerprint density at radius 3 is 2.26 bits per heavy atom. The summed E-state index contributed by atoms with van der Waals surface area (Å²) in [7, 11) is 0. The second kappa shape index (κ2) is 19.7. The molecule has 2 aliphatic carbocycles. The molecule has 0 saturated heterocycles. The molecule has 0 bridgehead atoms. The van der Waals surface area contributed by atoms with Crippen LogP contribution in [0.25, 0.3) is 39.0 Å². The van der Waals surface area contributed by atoms with Crippen molar-refractivity contribution in [3.05, 3.63) is 172 Å². The third-order valence-corrected chi connectivity index (χ3v) is 9.17. The maximum atomic E-state index is 11.7. The van der Waals surface area contributed by atoms with Gasteiger partial charge in [0, 0.05) is 53.6 Å². The second-order valence-electron chi connectivity index (χ2n) is 12.4. The molecule has 0 saturated carbocycles. The van der Waals surface area contributed by atoms with Gasteiger partial charge in [-0.15, -0.1) is 6.07 Å². The van der Waals surface area contributed by atoms with Crippen LogP contribution in [0, 0.1) is 18.9 Å². The first-order chi connectivity index (χ1) is 24.9. The van der Waals surface area contributed by atoms with E-state index in [-0.39, 0.29) is 54.0 Å². The average Bonchev–Trinajstić information content (AvgIpc) is 3.14. The summed E-state index contributed by atoms with van der Waals surface area (Å²) >= 11 is 0. The molecule has 2 N–H and O–H groups in total. The fourth-order valence-electron chi connectivity index (χ4n) is 6.74. The Balaban J connectivity index is 0.000000260. The number of fused-ring (bicyclic) bond motifs is 4. The summed E-state index contributed by atoms with van der Waals surface area (Å²) in [5.74, 6) is 3.20. The molecule has 2 heterocycles. The van der Waals surface area contributed by atoms with Gasteiger partial charge in [-0.2, -0.15) is 27.8 Å². The number of allylic oxidation sites excluding steroid dienone is 3.